The maximum atomic E-state index is 8.97. The van der Waals surface area contributed by atoms with Crippen LogP contribution in [0.1, 0.15) is 33.4 Å². The van der Waals surface area contributed by atoms with E-state index in [4.69, 9.17) is 18.3 Å². The molecule has 2 heterocycles. The van der Waals surface area contributed by atoms with Crippen molar-refractivity contribution in [1.82, 2.24) is 9.13 Å². The van der Waals surface area contributed by atoms with E-state index < -0.39 is 0 Å². The molecule has 0 spiro atoms. The van der Waals surface area contributed by atoms with Crippen molar-refractivity contribution < 1.29 is 0 Å². The Morgan fingerprint density at radius 1 is 1.04 bits per heavy atom. The van der Waals surface area contributed by atoms with Crippen LogP contribution >= 0.6 is 0 Å². The average Bonchev–Trinajstić information content (AvgIpc) is 3.21. The molecule has 0 fully saturated rings. The first-order chi connectivity index (χ1) is 11.6. The minimum absolute atomic E-state index is 0.151. The molecule has 0 saturated heterocycles. The van der Waals surface area contributed by atoms with E-state index in [0.717, 1.165) is 11.2 Å². The number of hydrogen-bond acceptors (Lipinski definition) is 1. The summed E-state index contributed by atoms with van der Waals surface area (Å²) < 4.78 is 3.80. The SMILES string of the molecule is CC.CC.[C+]#C.[C-]#[N+]c1ccc(B(C)c2ccc(C#N)n2C)n1C. The van der Waals surface area contributed by atoms with Gasteiger partial charge in [0.2, 0.25) is 5.82 Å². The van der Waals surface area contributed by atoms with E-state index in [1.54, 1.807) is 0 Å². The van der Waals surface area contributed by atoms with Crippen molar-refractivity contribution in [2.75, 3.05) is 0 Å². The first-order valence-corrected chi connectivity index (χ1v) is 7.97. The molecule has 0 aliphatic rings. The molecule has 0 saturated carbocycles. The summed E-state index contributed by atoms with van der Waals surface area (Å²) in [6.07, 6.45) is 9.00. The average molecular weight is 321 g/mol. The van der Waals surface area contributed by atoms with Crippen LogP contribution in [0.25, 0.3) is 4.85 Å². The molecule has 0 aliphatic heterocycles. The van der Waals surface area contributed by atoms with E-state index in [2.05, 4.69) is 24.2 Å². The summed E-state index contributed by atoms with van der Waals surface area (Å²) in [4.78, 5) is 3.46. The van der Waals surface area contributed by atoms with Gasteiger partial charge in [-0.1, -0.05) is 41.1 Å². The van der Waals surface area contributed by atoms with Gasteiger partial charge in [0, 0.05) is 7.05 Å². The summed E-state index contributed by atoms with van der Waals surface area (Å²) in [6, 6.07) is 9.75. The van der Waals surface area contributed by atoms with Gasteiger partial charge in [0.1, 0.15) is 11.8 Å². The van der Waals surface area contributed by atoms with Crippen molar-refractivity contribution in [3.8, 4) is 12.5 Å². The Morgan fingerprint density at radius 3 is 1.88 bits per heavy atom. The van der Waals surface area contributed by atoms with Gasteiger partial charge in [-0.25, -0.2) is 0 Å². The van der Waals surface area contributed by atoms with Gasteiger partial charge < -0.3 is 14.0 Å². The molecule has 0 bridgehead atoms. The molecule has 0 N–H and O–H groups in total. The van der Waals surface area contributed by atoms with Crippen molar-refractivity contribution in [2.24, 2.45) is 14.1 Å². The zero-order valence-corrected chi connectivity index (χ0v) is 15.8. The zero-order chi connectivity index (χ0) is 19.3. The smallest absolute Gasteiger partial charge is 0.276 e. The Kier molecular flexibility index (Phi) is 12.7. The summed E-state index contributed by atoms with van der Waals surface area (Å²) in [7, 11) is 3.79. The minimum atomic E-state index is 0.151. The Balaban J connectivity index is 0. The third kappa shape index (κ3) is 5.23. The molecule has 2 rings (SSSR count). The second kappa shape index (κ2) is 12.9. The van der Waals surface area contributed by atoms with Crippen molar-refractivity contribution >= 4 is 23.7 Å². The quantitative estimate of drug-likeness (QED) is 0.475. The first kappa shape index (κ1) is 23.6. The molecule has 0 aliphatic carbocycles. The third-order valence-corrected chi connectivity index (χ3v) is 3.41. The molecule has 0 amide bonds. The molecule has 0 aromatic carbocycles. The number of hydrogen-bond donors (Lipinski definition) is 0. The fourth-order valence-corrected chi connectivity index (χ4v) is 2.29. The summed E-state index contributed by atoms with van der Waals surface area (Å²) in [5, 5.41) is 8.97. The standard InChI is InChI=1S/C13H13BN4.2C2H6.C2H/c1-14(11-6-5-10(9-15)17(11)3)12-7-8-13(16-2)18(12)4;3*1-2/h5-8H,1,3-4H3;2*1-2H3;1H/q;;;+1. The van der Waals surface area contributed by atoms with Crippen molar-refractivity contribution in [1.29, 1.82) is 5.26 Å². The number of rotatable bonds is 2. The maximum Gasteiger partial charge on any atom is 0.276 e. The molecule has 24 heavy (non-hydrogen) atoms. The molecule has 0 radical (unpaired) electrons. The summed E-state index contributed by atoms with van der Waals surface area (Å²) in [5.41, 5.74) is 2.80. The molecule has 2 aromatic heterocycles. The first-order valence-electron chi connectivity index (χ1n) is 7.97. The second-order valence-electron chi connectivity index (χ2n) is 4.32. The molecule has 5 heteroatoms. The van der Waals surface area contributed by atoms with Gasteiger partial charge in [0.15, 0.2) is 0 Å². The predicted octanol–water partition coefficient (Wildman–Crippen LogP) is 3.28. The molecule has 2 aromatic rings. The van der Waals surface area contributed by atoms with Gasteiger partial charge in [-0.15, -0.1) is 0 Å². The Hall–Kier alpha value is -2.62. The van der Waals surface area contributed by atoms with Crippen LogP contribution in [0.4, 0.5) is 5.82 Å². The van der Waals surface area contributed by atoms with Crippen LogP contribution in [0, 0.1) is 30.7 Å². The second-order valence-corrected chi connectivity index (χ2v) is 4.32. The zero-order valence-electron chi connectivity index (χ0n) is 15.8. The molecule has 0 atom stereocenters. The Labute approximate surface area is 147 Å². The van der Waals surface area contributed by atoms with E-state index in [-0.39, 0.29) is 6.71 Å². The van der Waals surface area contributed by atoms with Crippen LogP contribution in [0.5, 0.6) is 0 Å². The van der Waals surface area contributed by atoms with E-state index in [1.165, 1.54) is 0 Å². The molecular weight excluding hydrogens is 295 g/mol. The van der Waals surface area contributed by atoms with E-state index in [1.807, 2.05) is 75.2 Å². The van der Waals surface area contributed by atoms with Crippen molar-refractivity contribution in [3.05, 3.63) is 47.8 Å². The summed E-state index contributed by atoms with van der Waals surface area (Å²) in [5.74, 6) is 0.631. The topological polar surface area (TPSA) is 38.0 Å². The Morgan fingerprint density at radius 2 is 1.50 bits per heavy atom. The van der Waals surface area contributed by atoms with Gasteiger partial charge in [-0.05, 0) is 29.9 Å². The molecule has 4 nitrogen and oxygen atoms in total. The van der Waals surface area contributed by atoms with Crippen LogP contribution < -0.4 is 11.2 Å². The molecular formula is C19H26BN4+. The predicted molar refractivity (Wildman–Crippen MR) is 104 cm³/mol. The third-order valence-electron chi connectivity index (χ3n) is 3.41. The number of terminal acetylenes is 1. The summed E-state index contributed by atoms with van der Waals surface area (Å²) >= 11 is 0. The van der Waals surface area contributed by atoms with Crippen LogP contribution in [0.3, 0.4) is 0 Å². The van der Waals surface area contributed by atoms with Crippen LogP contribution in [-0.4, -0.2) is 15.8 Å². The van der Waals surface area contributed by atoms with E-state index in [9.17, 15) is 0 Å². The Bertz CT molecular complexity index is 650. The van der Waals surface area contributed by atoms with E-state index in [0.29, 0.717) is 11.5 Å². The van der Waals surface area contributed by atoms with Crippen molar-refractivity contribution in [2.45, 2.75) is 34.5 Å². The maximum absolute atomic E-state index is 8.97. The van der Waals surface area contributed by atoms with Crippen LogP contribution in [0.2, 0.25) is 6.82 Å². The van der Waals surface area contributed by atoms with Gasteiger partial charge in [-0.2, -0.15) is 5.26 Å². The number of aromatic nitrogens is 2. The van der Waals surface area contributed by atoms with Gasteiger partial charge >= 0.3 is 12.8 Å². The van der Waals surface area contributed by atoms with Crippen molar-refractivity contribution in [3.63, 3.8) is 0 Å². The fraction of sp³-hybridized carbons (Fsp3) is 0.368. The van der Waals surface area contributed by atoms with Gasteiger partial charge in [0.25, 0.3) is 6.71 Å². The van der Waals surface area contributed by atoms with Crippen LogP contribution in [0.15, 0.2) is 24.3 Å². The fourth-order valence-electron chi connectivity index (χ4n) is 2.29. The summed E-state index contributed by atoms with van der Waals surface area (Å²) in [6.45, 7) is 17.3. The number of nitriles is 1. The van der Waals surface area contributed by atoms with E-state index >= 15 is 0 Å². The number of nitrogens with zero attached hydrogens (tertiary/aromatic N) is 4. The van der Waals surface area contributed by atoms with Gasteiger partial charge in [-0.3, -0.25) is 0 Å². The monoisotopic (exact) mass is 321 g/mol. The normalized spacial score (nSPS) is 8.08. The minimum Gasteiger partial charge on any atom is -0.364 e. The van der Waals surface area contributed by atoms with Crippen LogP contribution in [-0.2, 0) is 14.1 Å². The van der Waals surface area contributed by atoms with Gasteiger partial charge in [0.05, 0.1) is 12.6 Å². The molecule has 0 unspecified atom stereocenters. The molecule has 124 valence electrons. The largest absolute Gasteiger partial charge is 0.364 e.